The fourth-order valence-corrected chi connectivity index (χ4v) is 1.14. The first-order chi connectivity index (χ1) is 4.86. The quantitative estimate of drug-likeness (QED) is 0.278. The molecule has 0 aliphatic rings. The molecule has 0 fully saturated rings. The molecule has 0 aliphatic carbocycles. The van der Waals surface area contributed by atoms with E-state index in [0.717, 1.165) is 6.29 Å². The Morgan fingerprint density at radius 3 is 3.00 bits per heavy atom. The van der Waals surface area contributed by atoms with Crippen LogP contribution in [-0.2, 0) is 0 Å². The molecule has 10 heavy (non-hydrogen) atoms. The van der Waals surface area contributed by atoms with Crippen LogP contribution in [0.2, 0.25) is 0 Å². The Bertz CT molecular complexity index is 287. The first-order valence-corrected chi connectivity index (χ1v) is 3.28. The van der Waals surface area contributed by atoms with E-state index in [1.165, 1.54) is 11.3 Å². The molecule has 1 heterocycles. The largest absolute Gasteiger partial charge is 0.297 e. The zero-order valence-electron chi connectivity index (χ0n) is 4.89. The summed E-state index contributed by atoms with van der Waals surface area (Å²) in [4.78, 5) is 13.2. The average Bonchev–Trinajstić information content (AvgIpc) is 2.37. The number of carbonyl (C=O) groups is 1. The highest BCUT2D eigenvalue weighted by molar-refractivity contribution is 7.17. The van der Waals surface area contributed by atoms with Crippen molar-refractivity contribution in [3.8, 4) is 0 Å². The molecule has 0 amide bonds. The van der Waals surface area contributed by atoms with E-state index < -0.39 is 0 Å². The Hall–Kier alpha value is -1.32. The highest BCUT2D eigenvalue weighted by Gasteiger charge is 1.93. The molecule has 4 nitrogen and oxygen atoms in total. The Labute approximate surface area is 60.7 Å². The zero-order chi connectivity index (χ0) is 7.40. The minimum Gasteiger partial charge on any atom is -0.297 e. The van der Waals surface area contributed by atoms with Crippen molar-refractivity contribution < 1.29 is 4.79 Å². The van der Waals surface area contributed by atoms with Gasteiger partial charge in [-0.15, -0.1) is 11.3 Å². The third-order valence-corrected chi connectivity index (χ3v) is 1.77. The number of carbonyl (C=O) groups excluding carboxylic acids is 1. The Morgan fingerprint density at radius 1 is 1.70 bits per heavy atom. The van der Waals surface area contributed by atoms with Gasteiger partial charge in [0.2, 0.25) is 0 Å². The van der Waals surface area contributed by atoms with E-state index in [1.807, 2.05) is 0 Å². The smallest absolute Gasteiger partial charge is 0.160 e. The molecule has 0 saturated heterocycles. The number of nitrogens with zero attached hydrogens (tertiary/aromatic N) is 3. The van der Waals surface area contributed by atoms with Gasteiger partial charge in [-0.2, -0.15) is 0 Å². The lowest BCUT2D eigenvalue weighted by Gasteiger charge is -1.73. The molecular weight excluding hydrogens is 150 g/mol. The van der Waals surface area contributed by atoms with Crippen molar-refractivity contribution in [3.05, 3.63) is 27.5 Å². The van der Waals surface area contributed by atoms with Crippen molar-refractivity contribution >= 4 is 22.6 Å². The molecule has 0 bridgehead atoms. The van der Waals surface area contributed by atoms with E-state index >= 15 is 0 Å². The van der Waals surface area contributed by atoms with Crippen molar-refractivity contribution in [1.29, 1.82) is 0 Å². The summed E-state index contributed by atoms with van der Waals surface area (Å²) in [5.41, 5.74) is 7.98. The summed E-state index contributed by atoms with van der Waals surface area (Å²) in [6.07, 6.45) is 0.723. The first-order valence-electron chi connectivity index (χ1n) is 2.47. The summed E-state index contributed by atoms with van der Waals surface area (Å²) in [7, 11) is 0. The molecule has 0 aliphatic heterocycles. The molecule has 0 radical (unpaired) electrons. The normalized spacial score (nSPS) is 8.40. The molecule has 0 aromatic carbocycles. The minimum atomic E-state index is 0.518. The molecule has 1 aromatic rings. The van der Waals surface area contributed by atoms with Crippen molar-refractivity contribution in [2.24, 2.45) is 5.11 Å². The van der Waals surface area contributed by atoms with Gasteiger partial charge in [-0.1, -0.05) is 5.11 Å². The van der Waals surface area contributed by atoms with Gasteiger partial charge in [0.15, 0.2) is 6.29 Å². The number of thiophene rings is 1. The van der Waals surface area contributed by atoms with Crippen LogP contribution in [0, 0.1) is 0 Å². The van der Waals surface area contributed by atoms with Crippen LogP contribution < -0.4 is 0 Å². The molecule has 0 spiro atoms. The maximum Gasteiger partial charge on any atom is 0.160 e. The number of aldehydes is 1. The molecule has 1 aromatic heterocycles. The van der Waals surface area contributed by atoms with Gasteiger partial charge in [0, 0.05) is 4.91 Å². The Morgan fingerprint density at radius 2 is 2.50 bits per heavy atom. The van der Waals surface area contributed by atoms with Gasteiger partial charge >= 0.3 is 0 Å². The molecule has 1 rings (SSSR count). The minimum absolute atomic E-state index is 0.518. The number of azide groups is 1. The van der Waals surface area contributed by atoms with Crippen LogP contribution in [0.5, 0.6) is 0 Å². The topological polar surface area (TPSA) is 65.8 Å². The van der Waals surface area contributed by atoms with Gasteiger partial charge in [0.05, 0.1) is 9.88 Å². The van der Waals surface area contributed by atoms with Crippen LogP contribution in [0.1, 0.15) is 9.67 Å². The monoisotopic (exact) mass is 153 g/mol. The van der Waals surface area contributed by atoms with Gasteiger partial charge in [-0.05, 0) is 17.7 Å². The third kappa shape index (κ3) is 1.34. The zero-order valence-corrected chi connectivity index (χ0v) is 5.71. The molecule has 0 atom stereocenters. The summed E-state index contributed by atoms with van der Waals surface area (Å²) in [5.74, 6) is 0. The SMILES string of the molecule is [N-]=[N+]=Nc1ccc(C=O)s1. The highest BCUT2D eigenvalue weighted by atomic mass is 32.1. The van der Waals surface area contributed by atoms with Gasteiger partial charge in [0.25, 0.3) is 0 Å². The lowest BCUT2D eigenvalue weighted by atomic mass is 10.5. The number of hydrogen-bond donors (Lipinski definition) is 0. The Balaban J connectivity index is 2.98. The van der Waals surface area contributed by atoms with E-state index in [-0.39, 0.29) is 0 Å². The van der Waals surface area contributed by atoms with Crippen molar-refractivity contribution in [1.82, 2.24) is 0 Å². The summed E-state index contributed by atoms with van der Waals surface area (Å²) >= 11 is 1.17. The lowest BCUT2D eigenvalue weighted by molar-refractivity contribution is 0.112. The van der Waals surface area contributed by atoms with E-state index in [0.29, 0.717) is 9.88 Å². The van der Waals surface area contributed by atoms with Crippen molar-refractivity contribution in [3.63, 3.8) is 0 Å². The van der Waals surface area contributed by atoms with Crippen LogP contribution >= 0.6 is 11.3 Å². The lowest BCUT2D eigenvalue weighted by Crippen LogP contribution is -1.61. The van der Waals surface area contributed by atoms with Gasteiger partial charge in [-0.25, -0.2) is 0 Å². The number of hydrogen-bond acceptors (Lipinski definition) is 3. The molecular formula is C5H3N3OS. The van der Waals surface area contributed by atoms with E-state index in [9.17, 15) is 4.79 Å². The fourth-order valence-electron chi connectivity index (χ4n) is 0.503. The predicted octanol–water partition coefficient (Wildman–Crippen LogP) is 2.50. The van der Waals surface area contributed by atoms with Gasteiger partial charge < -0.3 is 0 Å². The summed E-state index contributed by atoms with van der Waals surface area (Å²) in [6.45, 7) is 0. The average molecular weight is 153 g/mol. The highest BCUT2D eigenvalue weighted by Crippen LogP contribution is 2.23. The van der Waals surface area contributed by atoms with Crippen molar-refractivity contribution in [2.45, 2.75) is 0 Å². The maximum absolute atomic E-state index is 10.1. The van der Waals surface area contributed by atoms with Gasteiger partial charge in [0.1, 0.15) is 0 Å². The van der Waals surface area contributed by atoms with Crippen LogP contribution in [0.4, 0.5) is 5.00 Å². The predicted molar refractivity (Wildman–Crippen MR) is 38.5 cm³/mol. The van der Waals surface area contributed by atoms with Gasteiger partial charge in [-0.3, -0.25) is 4.79 Å². The molecule has 50 valence electrons. The molecule has 0 unspecified atom stereocenters. The van der Waals surface area contributed by atoms with Crippen LogP contribution in [-0.4, -0.2) is 6.29 Å². The number of rotatable bonds is 2. The summed E-state index contributed by atoms with van der Waals surface area (Å²) < 4.78 is 0. The molecule has 5 heteroatoms. The van der Waals surface area contributed by atoms with E-state index in [4.69, 9.17) is 5.53 Å². The fraction of sp³-hybridized carbons (Fsp3) is 0. The summed E-state index contributed by atoms with van der Waals surface area (Å²) in [6, 6.07) is 3.22. The molecule has 0 saturated carbocycles. The third-order valence-electron chi connectivity index (χ3n) is 0.872. The van der Waals surface area contributed by atoms with E-state index in [2.05, 4.69) is 10.0 Å². The van der Waals surface area contributed by atoms with Crippen LogP contribution in [0.3, 0.4) is 0 Å². The first kappa shape index (κ1) is 6.80. The standard InChI is InChI=1S/C5H3N3OS/c6-8-7-5-2-1-4(3-9)10-5/h1-3H. The van der Waals surface area contributed by atoms with Crippen LogP contribution in [0.15, 0.2) is 17.2 Å². The van der Waals surface area contributed by atoms with E-state index in [1.54, 1.807) is 12.1 Å². The summed E-state index contributed by atoms with van der Waals surface area (Å²) in [5, 5.41) is 3.83. The second kappa shape index (κ2) is 3.00. The second-order valence-corrected chi connectivity index (χ2v) is 2.58. The maximum atomic E-state index is 10.1. The Kier molecular flexibility index (Phi) is 2.04. The van der Waals surface area contributed by atoms with Crippen molar-refractivity contribution in [2.75, 3.05) is 0 Å². The molecule has 0 N–H and O–H groups in total. The second-order valence-electron chi connectivity index (χ2n) is 1.48. The van der Waals surface area contributed by atoms with Crippen LogP contribution in [0.25, 0.3) is 10.4 Å².